The number of amides is 1. The summed E-state index contributed by atoms with van der Waals surface area (Å²) in [5, 5.41) is 11.8. The number of benzene rings is 1. The Hall–Kier alpha value is -2.13. The highest BCUT2D eigenvalue weighted by Crippen LogP contribution is 2.16. The fraction of sp³-hybridized carbons (Fsp3) is 0.357. The van der Waals surface area contributed by atoms with E-state index in [9.17, 15) is 4.79 Å². The van der Waals surface area contributed by atoms with Crippen LogP contribution in [0.25, 0.3) is 11.0 Å². The standard InChI is InChI=1S/C14H16N4OS/c1-2-6-16-13(19)5-7-18-12-8-10(9-15)3-4-11(12)17-14(18)20/h3-4,8H,2,5-7H2,1H3,(H,16,19)(H,17,20). The highest BCUT2D eigenvalue weighted by Gasteiger charge is 2.07. The van der Waals surface area contributed by atoms with Crippen LogP contribution in [0.15, 0.2) is 18.2 Å². The fourth-order valence-corrected chi connectivity index (χ4v) is 2.31. The van der Waals surface area contributed by atoms with Crippen molar-refractivity contribution in [3.63, 3.8) is 0 Å². The SMILES string of the molecule is CCCNC(=O)CCn1c(=S)[nH]c2ccc(C#N)cc21. The molecule has 0 saturated heterocycles. The van der Waals surface area contributed by atoms with Gasteiger partial charge in [-0.25, -0.2) is 0 Å². The van der Waals surface area contributed by atoms with Gasteiger partial charge in [-0.05, 0) is 36.8 Å². The van der Waals surface area contributed by atoms with E-state index < -0.39 is 0 Å². The lowest BCUT2D eigenvalue weighted by Gasteiger charge is -2.05. The Morgan fingerprint density at radius 2 is 2.35 bits per heavy atom. The molecule has 1 heterocycles. The number of hydrogen-bond donors (Lipinski definition) is 2. The molecule has 0 saturated carbocycles. The maximum atomic E-state index is 11.6. The van der Waals surface area contributed by atoms with Gasteiger partial charge in [-0.1, -0.05) is 6.92 Å². The largest absolute Gasteiger partial charge is 0.356 e. The van der Waals surface area contributed by atoms with Crippen LogP contribution in [0.2, 0.25) is 0 Å². The first-order valence-electron chi connectivity index (χ1n) is 6.55. The molecule has 0 aliphatic rings. The summed E-state index contributed by atoms with van der Waals surface area (Å²) in [6.07, 6.45) is 1.29. The Morgan fingerprint density at radius 1 is 1.55 bits per heavy atom. The van der Waals surface area contributed by atoms with E-state index in [1.54, 1.807) is 12.1 Å². The molecular weight excluding hydrogens is 272 g/mol. The molecule has 6 heteroatoms. The zero-order chi connectivity index (χ0) is 14.5. The third kappa shape index (κ3) is 3.06. The number of aromatic nitrogens is 2. The van der Waals surface area contributed by atoms with Crippen molar-refractivity contribution in [1.82, 2.24) is 14.9 Å². The first-order valence-corrected chi connectivity index (χ1v) is 6.96. The van der Waals surface area contributed by atoms with Gasteiger partial charge in [0.15, 0.2) is 4.77 Å². The second kappa shape index (κ2) is 6.35. The summed E-state index contributed by atoms with van der Waals surface area (Å²) in [4.78, 5) is 14.7. The molecule has 2 rings (SSSR count). The molecule has 1 aromatic carbocycles. The number of carbonyl (C=O) groups excluding carboxylic acids is 1. The van der Waals surface area contributed by atoms with Crippen molar-refractivity contribution in [2.75, 3.05) is 6.54 Å². The normalized spacial score (nSPS) is 10.4. The van der Waals surface area contributed by atoms with Crippen molar-refractivity contribution in [3.8, 4) is 6.07 Å². The molecule has 2 aromatic rings. The summed E-state index contributed by atoms with van der Waals surface area (Å²) < 4.78 is 2.43. The van der Waals surface area contributed by atoms with E-state index in [0.29, 0.717) is 29.8 Å². The van der Waals surface area contributed by atoms with Gasteiger partial charge in [0.25, 0.3) is 0 Å². The highest BCUT2D eigenvalue weighted by atomic mass is 32.1. The van der Waals surface area contributed by atoms with E-state index in [4.69, 9.17) is 17.5 Å². The van der Waals surface area contributed by atoms with Crippen LogP contribution >= 0.6 is 12.2 Å². The number of nitrogens with zero attached hydrogens (tertiary/aromatic N) is 2. The Kier molecular flexibility index (Phi) is 4.53. The average Bonchev–Trinajstić information content (AvgIpc) is 2.77. The van der Waals surface area contributed by atoms with E-state index in [-0.39, 0.29) is 5.91 Å². The number of fused-ring (bicyclic) bond motifs is 1. The van der Waals surface area contributed by atoms with Crippen LogP contribution in [0.4, 0.5) is 0 Å². The topological polar surface area (TPSA) is 73.6 Å². The zero-order valence-electron chi connectivity index (χ0n) is 11.3. The lowest BCUT2D eigenvalue weighted by atomic mass is 10.2. The van der Waals surface area contributed by atoms with Gasteiger partial charge in [0, 0.05) is 19.5 Å². The van der Waals surface area contributed by atoms with Crippen molar-refractivity contribution in [1.29, 1.82) is 5.26 Å². The molecule has 20 heavy (non-hydrogen) atoms. The Bertz CT molecular complexity index is 723. The van der Waals surface area contributed by atoms with Crippen LogP contribution < -0.4 is 5.32 Å². The summed E-state index contributed by atoms with van der Waals surface area (Å²) in [5.41, 5.74) is 2.32. The lowest BCUT2D eigenvalue weighted by Crippen LogP contribution is -2.25. The molecule has 0 bridgehead atoms. The van der Waals surface area contributed by atoms with Gasteiger partial charge in [0.05, 0.1) is 22.7 Å². The zero-order valence-corrected chi connectivity index (χ0v) is 12.1. The van der Waals surface area contributed by atoms with Crippen molar-refractivity contribution >= 4 is 29.2 Å². The number of imidazole rings is 1. The van der Waals surface area contributed by atoms with E-state index in [1.165, 1.54) is 0 Å². The summed E-state index contributed by atoms with van der Waals surface area (Å²) >= 11 is 5.26. The molecule has 0 spiro atoms. The van der Waals surface area contributed by atoms with Crippen LogP contribution in [0.3, 0.4) is 0 Å². The Balaban J connectivity index is 2.21. The van der Waals surface area contributed by atoms with Crippen molar-refractivity contribution in [3.05, 3.63) is 28.5 Å². The van der Waals surface area contributed by atoms with Gasteiger partial charge in [-0.15, -0.1) is 0 Å². The van der Waals surface area contributed by atoms with Crippen LogP contribution in [-0.2, 0) is 11.3 Å². The number of aromatic amines is 1. The minimum atomic E-state index is 0.0135. The maximum absolute atomic E-state index is 11.6. The molecule has 0 aliphatic carbocycles. The smallest absolute Gasteiger partial charge is 0.221 e. The van der Waals surface area contributed by atoms with Gasteiger partial charge in [-0.3, -0.25) is 4.79 Å². The number of hydrogen-bond acceptors (Lipinski definition) is 3. The van der Waals surface area contributed by atoms with Gasteiger partial charge in [0.2, 0.25) is 5.91 Å². The van der Waals surface area contributed by atoms with Crippen molar-refractivity contribution in [2.24, 2.45) is 0 Å². The van der Waals surface area contributed by atoms with Crippen LogP contribution in [-0.4, -0.2) is 22.0 Å². The van der Waals surface area contributed by atoms with Gasteiger partial charge in [0.1, 0.15) is 0 Å². The van der Waals surface area contributed by atoms with Gasteiger partial charge < -0.3 is 14.9 Å². The van der Waals surface area contributed by atoms with Crippen LogP contribution in [0.5, 0.6) is 0 Å². The van der Waals surface area contributed by atoms with E-state index in [0.717, 1.165) is 17.5 Å². The molecule has 5 nitrogen and oxygen atoms in total. The number of rotatable bonds is 5. The lowest BCUT2D eigenvalue weighted by molar-refractivity contribution is -0.121. The molecule has 0 atom stereocenters. The number of carbonyl (C=O) groups is 1. The molecule has 1 amide bonds. The average molecular weight is 288 g/mol. The third-order valence-electron chi connectivity index (χ3n) is 3.04. The van der Waals surface area contributed by atoms with Crippen LogP contribution in [0, 0.1) is 16.1 Å². The molecule has 2 N–H and O–H groups in total. The highest BCUT2D eigenvalue weighted by molar-refractivity contribution is 7.71. The van der Waals surface area contributed by atoms with E-state index in [1.807, 2.05) is 17.6 Å². The quantitative estimate of drug-likeness (QED) is 0.830. The molecule has 0 radical (unpaired) electrons. The second-order valence-corrected chi connectivity index (χ2v) is 4.91. The summed E-state index contributed by atoms with van der Waals surface area (Å²) in [5.74, 6) is 0.0135. The number of nitrogens with one attached hydrogen (secondary N) is 2. The van der Waals surface area contributed by atoms with Gasteiger partial charge in [-0.2, -0.15) is 5.26 Å². The van der Waals surface area contributed by atoms with Crippen molar-refractivity contribution in [2.45, 2.75) is 26.3 Å². The first-order chi connectivity index (χ1) is 9.65. The fourth-order valence-electron chi connectivity index (χ4n) is 2.01. The van der Waals surface area contributed by atoms with Crippen LogP contribution in [0.1, 0.15) is 25.3 Å². The van der Waals surface area contributed by atoms with E-state index >= 15 is 0 Å². The molecule has 0 aliphatic heterocycles. The number of H-pyrrole nitrogens is 1. The Morgan fingerprint density at radius 3 is 3.05 bits per heavy atom. The predicted octanol–water partition coefficient (Wildman–Crippen LogP) is 2.49. The first kappa shape index (κ1) is 14.3. The van der Waals surface area contributed by atoms with Gasteiger partial charge >= 0.3 is 0 Å². The minimum absolute atomic E-state index is 0.0135. The Labute approximate surface area is 122 Å². The molecule has 0 fully saturated rings. The molecular formula is C14H16N4OS. The summed E-state index contributed by atoms with van der Waals surface area (Å²) in [6.45, 7) is 3.21. The van der Waals surface area contributed by atoms with Crippen molar-refractivity contribution < 1.29 is 4.79 Å². The minimum Gasteiger partial charge on any atom is -0.356 e. The maximum Gasteiger partial charge on any atom is 0.221 e. The number of aryl methyl sites for hydroxylation is 1. The third-order valence-corrected chi connectivity index (χ3v) is 3.36. The predicted molar refractivity (Wildman–Crippen MR) is 79.8 cm³/mol. The van der Waals surface area contributed by atoms with E-state index in [2.05, 4.69) is 16.4 Å². The molecule has 0 unspecified atom stereocenters. The second-order valence-electron chi connectivity index (χ2n) is 4.53. The summed E-state index contributed by atoms with van der Waals surface area (Å²) in [6, 6.07) is 7.46. The molecule has 104 valence electrons. The number of nitriles is 1. The molecule has 1 aromatic heterocycles. The summed E-state index contributed by atoms with van der Waals surface area (Å²) in [7, 11) is 0. The monoisotopic (exact) mass is 288 g/mol.